The summed E-state index contributed by atoms with van der Waals surface area (Å²) in [5.74, 6) is 0.887. The predicted molar refractivity (Wildman–Crippen MR) is 75.1 cm³/mol. The number of aromatic amines is 1. The Hall–Kier alpha value is -2.11. The molecular formula is C14H18N4O2. The van der Waals surface area contributed by atoms with Crippen molar-refractivity contribution >= 4 is 23.0 Å². The molecule has 0 unspecified atom stereocenters. The molecule has 1 aliphatic carbocycles. The summed E-state index contributed by atoms with van der Waals surface area (Å²) in [7, 11) is 0. The van der Waals surface area contributed by atoms with Gasteiger partial charge in [0.15, 0.2) is 5.65 Å². The minimum Gasteiger partial charge on any atom is -0.465 e. The number of carbonyl (C=O) groups is 1. The molecule has 0 aromatic carbocycles. The summed E-state index contributed by atoms with van der Waals surface area (Å²) in [6.45, 7) is 2.20. The van der Waals surface area contributed by atoms with E-state index in [1.807, 2.05) is 13.0 Å². The molecule has 2 aromatic rings. The van der Waals surface area contributed by atoms with E-state index in [1.165, 1.54) is 0 Å². The minimum absolute atomic E-state index is 0.190. The van der Waals surface area contributed by atoms with Crippen molar-refractivity contribution in [2.45, 2.75) is 38.0 Å². The Morgan fingerprint density at radius 2 is 2.15 bits per heavy atom. The van der Waals surface area contributed by atoms with E-state index in [0.29, 0.717) is 23.9 Å². The molecule has 0 saturated heterocycles. The van der Waals surface area contributed by atoms with Crippen molar-refractivity contribution in [2.75, 3.05) is 12.3 Å². The Bertz CT molecular complexity index is 644. The maximum atomic E-state index is 12.4. The number of carbonyl (C=O) groups excluding carboxylic acids is 1. The van der Waals surface area contributed by atoms with Gasteiger partial charge in [-0.25, -0.2) is 9.97 Å². The van der Waals surface area contributed by atoms with E-state index in [4.69, 9.17) is 10.5 Å². The maximum absolute atomic E-state index is 12.4. The fourth-order valence-electron chi connectivity index (χ4n) is 2.92. The fourth-order valence-corrected chi connectivity index (χ4v) is 2.92. The lowest BCUT2D eigenvalue weighted by Crippen LogP contribution is -2.35. The normalized spacial score (nSPS) is 17.4. The smallest absolute Gasteiger partial charge is 0.319 e. The summed E-state index contributed by atoms with van der Waals surface area (Å²) in [6.07, 6.45) is 3.54. The van der Waals surface area contributed by atoms with Gasteiger partial charge in [0.1, 0.15) is 17.1 Å². The molecule has 1 aliphatic rings. The minimum atomic E-state index is -0.647. The van der Waals surface area contributed by atoms with Gasteiger partial charge in [-0.05, 0) is 31.9 Å². The summed E-state index contributed by atoms with van der Waals surface area (Å²) in [4.78, 5) is 24.3. The SMILES string of the molecule is CCOC(=O)C1(c2nc3nc(N)ccc3[nH]2)CCCC1. The van der Waals surface area contributed by atoms with E-state index in [2.05, 4.69) is 15.0 Å². The zero-order chi connectivity index (χ0) is 14.2. The topological polar surface area (TPSA) is 93.9 Å². The van der Waals surface area contributed by atoms with Crippen LogP contribution in [0.4, 0.5) is 5.82 Å². The predicted octanol–water partition coefficient (Wildman–Crippen LogP) is 1.91. The van der Waals surface area contributed by atoms with Gasteiger partial charge in [0, 0.05) is 0 Å². The second-order valence-electron chi connectivity index (χ2n) is 5.20. The molecule has 3 rings (SSSR count). The highest BCUT2D eigenvalue weighted by Gasteiger charge is 2.46. The molecule has 2 heterocycles. The lowest BCUT2D eigenvalue weighted by atomic mass is 9.85. The summed E-state index contributed by atoms with van der Waals surface area (Å²) in [5.41, 5.74) is 6.37. The number of aromatic nitrogens is 3. The molecule has 6 nitrogen and oxygen atoms in total. The van der Waals surface area contributed by atoms with Crippen LogP contribution in [0.3, 0.4) is 0 Å². The number of ether oxygens (including phenoxy) is 1. The van der Waals surface area contributed by atoms with E-state index >= 15 is 0 Å². The molecule has 0 radical (unpaired) electrons. The first kappa shape index (κ1) is 12.9. The van der Waals surface area contributed by atoms with Gasteiger partial charge in [-0.15, -0.1) is 0 Å². The van der Waals surface area contributed by atoms with Gasteiger partial charge in [-0.3, -0.25) is 4.79 Å². The first-order valence-corrected chi connectivity index (χ1v) is 6.95. The second-order valence-corrected chi connectivity index (χ2v) is 5.20. The second kappa shape index (κ2) is 4.77. The van der Waals surface area contributed by atoms with Gasteiger partial charge < -0.3 is 15.5 Å². The number of imidazole rings is 1. The largest absolute Gasteiger partial charge is 0.465 e. The zero-order valence-electron chi connectivity index (χ0n) is 11.5. The number of anilines is 1. The Kier molecular flexibility index (Phi) is 3.08. The maximum Gasteiger partial charge on any atom is 0.319 e. The summed E-state index contributed by atoms with van der Waals surface area (Å²) in [6, 6.07) is 3.55. The average molecular weight is 274 g/mol. The van der Waals surface area contributed by atoms with Gasteiger partial charge >= 0.3 is 5.97 Å². The van der Waals surface area contributed by atoms with Crippen LogP contribution in [-0.4, -0.2) is 27.5 Å². The van der Waals surface area contributed by atoms with Crippen molar-refractivity contribution in [2.24, 2.45) is 0 Å². The molecule has 0 bridgehead atoms. The van der Waals surface area contributed by atoms with Crippen molar-refractivity contribution in [3.63, 3.8) is 0 Å². The number of H-pyrrole nitrogens is 1. The third-order valence-electron chi connectivity index (χ3n) is 3.94. The summed E-state index contributed by atoms with van der Waals surface area (Å²) < 4.78 is 5.26. The number of fused-ring (bicyclic) bond motifs is 1. The van der Waals surface area contributed by atoms with Crippen LogP contribution in [0.25, 0.3) is 11.2 Å². The number of esters is 1. The lowest BCUT2D eigenvalue weighted by molar-refractivity contribution is -0.150. The van der Waals surface area contributed by atoms with Crippen LogP contribution in [-0.2, 0) is 14.9 Å². The fraction of sp³-hybridized carbons (Fsp3) is 0.500. The lowest BCUT2D eigenvalue weighted by Gasteiger charge is -2.23. The van der Waals surface area contributed by atoms with Crippen molar-refractivity contribution in [1.29, 1.82) is 0 Å². The summed E-state index contributed by atoms with van der Waals surface area (Å²) >= 11 is 0. The molecule has 0 aliphatic heterocycles. The number of hydrogen-bond acceptors (Lipinski definition) is 5. The highest BCUT2D eigenvalue weighted by Crippen LogP contribution is 2.41. The van der Waals surface area contributed by atoms with Gasteiger partial charge in [0.05, 0.1) is 12.1 Å². The number of nitrogens with zero attached hydrogens (tertiary/aromatic N) is 2. The van der Waals surface area contributed by atoms with Crippen LogP contribution < -0.4 is 5.73 Å². The van der Waals surface area contributed by atoms with E-state index < -0.39 is 5.41 Å². The molecule has 20 heavy (non-hydrogen) atoms. The van der Waals surface area contributed by atoms with Crippen LogP contribution in [0.15, 0.2) is 12.1 Å². The molecule has 1 saturated carbocycles. The molecule has 2 aromatic heterocycles. The molecule has 0 spiro atoms. The van der Waals surface area contributed by atoms with Gasteiger partial charge in [-0.1, -0.05) is 12.8 Å². The Labute approximate surface area is 116 Å². The molecule has 106 valence electrons. The summed E-state index contributed by atoms with van der Waals surface area (Å²) in [5, 5.41) is 0. The number of nitrogens with one attached hydrogen (secondary N) is 1. The van der Waals surface area contributed by atoms with Crippen molar-refractivity contribution in [1.82, 2.24) is 15.0 Å². The van der Waals surface area contributed by atoms with Gasteiger partial charge in [-0.2, -0.15) is 0 Å². The standard InChI is InChI=1S/C14H18N4O2/c1-2-20-13(19)14(7-3-4-8-14)12-16-9-5-6-10(15)17-11(9)18-12/h5-6H,2-4,7-8H2,1H3,(H3,15,16,17,18). The van der Waals surface area contributed by atoms with Crippen LogP contribution in [0.5, 0.6) is 0 Å². The van der Waals surface area contributed by atoms with Crippen molar-refractivity contribution in [3.05, 3.63) is 18.0 Å². The highest BCUT2D eigenvalue weighted by atomic mass is 16.5. The molecule has 1 fully saturated rings. The number of hydrogen-bond donors (Lipinski definition) is 2. The Morgan fingerprint density at radius 1 is 1.40 bits per heavy atom. The van der Waals surface area contributed by atoms with Gasteiger partial charge in [0.2, 0.25) is 0 Å². The zero-order valence-corrected chi connectivity index (χ0v) is 11.5. The number of nitrogens with two attached hydrogens (primary N) is 1. The van der Waals surface area contributed by atoms with E-state index in [1.54, 1.807) is 6.07 Å². The van der Waals surface area contributed by atoms with Crippen LogP contribution in [0, 0.1) is 0 Å². The third kappa shape index (κ3) is 1.92. The van der Waals surface area contributed by atoms with Crippen LogP contribution in [0.2, 0.25) is 0 Å². The first-order valence-electron chi connectivity index (χ1n) is 6.95. The molecule has 0 amide bonds. The monoisotopic (exact) mass is 274 g/mol. The number of rotatable bonds is 3. The number of pyridine rings is 1. The van der Waals surface area contributed by atoms with E-state index in [0.717, 1.165) is 31.2 Å². The molecular weight excluding hydrogens is 256 g/mol. The third-order valence-corrected chi connectivity index (χ3v) is 3.94. The molecule has 0 atom stereocenters. The quantitative estimate of drug-likeness (QED) is 0.834. The van der Waals surface area contributed by atoms with Crippen LogP contribution >= 0.6 is 0 Å². The first-order chi connectivity index (χ1) is 9.65. The van der Waals surface area contributed by atoms with Gasteiger partial charge in [0.25, 0.3) is 0 Å². The Morgan fingerprint density at radius 3 is 2.85 bits per heavy atom. The molecule has 6 heteroatoms. The van der Waals surface area contributed by atoms with E-state index in [-0.39, 0.29) is 5.97 Å². The van der Waals surface area contributed by atoms with Crippen LogP contribution in [0.1, 0.15) is 38.4 Å². The molecule has 3 N–H and O–H groups in total. The average Bonchev–Trinajstić information content (AvgIpc) is 3.05. The Balaban J connectivity index is 2.07. The van der Waals surface area contributed by atoms with Crippen molar-refractivity contribution < 1.29 is 9.53 Å². The van der Waals surface area contributed by atoms with Crippen molar-refractivity contribution in [3.8, 4) is 0 Å². The highest BCUT2D eigenvalue weighted by molar-refractivity contribution is 5.84. The number of nitrogen functional groups attached to an aromatic ring is 1. The van der Waals surface area contributed by atoms with E-state index in [9.17, 15) is 4.79 Å².